The summed E-state index contributed by atoms with van der Waals surface area (Å²) >= 11 is 0. The van der Waals surface area contributed by atoms with Crippen LogP contribution in [0.25, 0.3) is 0 Å². The van der Waals surface area contributed by atoms with Gasteiger partial charge in [-0.2, -0.15) is 0 Å². The Morgan fingerprint density at radius 1 is 0.444 bits per heavy atom. The van der Waals surface area contributed by atoms with Gasteiger partial charge < -0.3 is 30.7 Å². The molecule has 2 atom stereocenters. The van der Waals surface area contributed by atoms with E-state index < -0.39 is 24.3 Å². The highest BCUT2D eigenvalue weighted by atomic mass is 16.6. The van der Waals surface area contributed by atoms with Gasteiger partial charge in [-0.3, -0.25) is 9.59 Å². The van der Waals surface area contributed by atoms with E-state index in [4.69, 9.17) is 9.47 Å². The van der Waals surface area contributed by atoms with E-state index in [1.807, 2.05) is 88.4 Å². The maximum atomic E-state index is 12.7. The molecule has 0 saturated heterocycles. The monoisotopic (exact) mass is 751 g/mol. The Balaban J connectivity index is 1.35. The Bertz CT molecular complexity index is 1190. The van der Waals surface area contributed by atoms with Crippen LogP contribution in [0, 0.1) is 11.8 Å². The highest BCUT2D eigenvalue weighted by Gasteiger charge is 2.25. The van der Waals surface area contributed by atoms with Crippen molar-refractivity contribution in [2.24, 2.45) is 11.8 Å². The Kier molecular flexibility index (Phi) is 25.0. The summed E-state index contributed by atoms with van der Waals surface area (Å²) in [5, 5.41) is 11.4. The van der Waals surface area contributed by atoms with Gasteiger partial charge in [0.25, 0.3) is 0 Å². The fourth-order valence-corrected chi connectivity index (χ4v) is 6.22. The molecule has 0 aromatic heterocycles. The van der Waals surface area contributed by atoms with Gasteiger partial charge in [0.2, 0.25) is 11.8 Å². The van der Waals surface area contributed by atoms with Crippen LogP contribution < -0.4 is 21.3 Å². The third kappa shape index (κ3) is 22.2. The van der Waals surface area contributed by atoms with Crippen LogP contribution in [0.3, 0.4) is 0 Å². The normalized spacial score (nSPS) is 12.2. The summed E-state index contributed by atoms with van der Waals surface area (Å²) in [6.45, 7) is 9.25. The van der Waals surface area contributed by atoms with Gasteiger partial charge in [-0.25, -0.2) is 9.59 Å². The standard InChI is InChI=1S/C44H70N4O6/c1-35(2)39(47-43(51)53-33-37-27-21-19-22-28-37)41(49)45-31-25-17-15-13-11-9-7-5-6-8-10-12-14-16-18-26-32-46-42(50)40(36(3)4)48-44(52)54-34-38-29-23-20-24-30-38/h19-24,27-30,35-36,39-40H,5-18,25-26,31-34H2,1-4H3,(H,45,49)(H,46,50)(H,47,51)(H,48,52)/t39-,40-/m0/s1. The van der Waals surface area contributed by atoms with E-state index in [-0.39, 0.29) is 36.9 Å². The minimum atomic E-state index is -0.620. The molecule has 4 N–H and O–H groups in total. The van der Waals surface area contributed by atoms with Crippen molar-refractivity contribution >= 4 is 24.0 Å². The van der Waals surface area contributed by atoms with Gasteiger partial charge in [0.15, 0.2) is 0 Å². The molecule has 2 rings (SSSR count). The summed E-state index contributed by atoms with van der Waals surface area (Å²) in [5.41, 5.74) is 1.80. The van der Waals surface area contributed by atoms with Gasteiger partial charge in [0, 0.05) is 13.1 Å². The Labute approximate surface area is 325 Å². The topological polar surface area (TPSA) is 135 Å². The fourth-order valence-electron chi connectivity index (χ4n) is 6.22. The Morgan fingerprint density at radius 3 is 1.00 bits per heavy atom. The second-order valence-electron chi connectivity index (χ2n) is 15.1. The minimum Gasteiger partial charge on any atom is -0.445 e. The number of carbonyl (C=O) groups is 4. The highest BCUT2D eigenvalue weighted by molar-refractivity contribution is 5.86. The lowest BCUT2D eigenvalue weighted by Crippen LogP contribution is -2.50. The van der Waals surface area contributed by atoms with Crippen molar-refractivity contribution in [3.63, 3.8) is 0 Å². The average Bonchev–Trinajstić information content (AvgIpc) is 3.17. The van der Waals surface area contributed by atoms with Crippen LogP contribution in [-0.4, -0.2) is 49.2 Å². The van der Waals surface area contributed by atoms with Gasteiger partial charge in [-0.1, -0.05) is 178 Å². The molecule has 10 heteroatoms. The van der Waals surface area contributed by atoms with Crippen LogP contribution in [0.15, 0.2) is 60.7 Å². The number of amides is 4. The predicted molar refractivity (Wildman–Crippen MR) is 217 cm³/mol. The molecule has 302 valence electrons. The number of carbonyl (C=O) groups excluding carboxylic acids is 4. The molecule has 0 radical (unpaired) electrons. The molecule has 2 aromatic rings. The molecule has 0 unspecified atom stereocenters. The third-order valence-electron chi connectivity index (χ3n) is 9.57. The second-order valence-corrected chi connectivity index (χ2v) is 15.1. The van der Waals surface area contributed by atoms with Crippen LogP contribution in [0.5, 0.6) is 0 Å². The van der Waals surface area contributed by atoms with Crippen LogP contribution in [0.4, 0.5) is 9.59 Å². The number of ether oxygens (including phenoxy) is 2. The van der Waals surface area contributed by atoms with Crippen LogP contribution in [-0.2, 0) is 32.3 Å². The molecule has 0 aliphatic heterocycles. The van der Waals surface area contributed by atoms with E-state index in [2.05, 4.69) is 21.3 Å². The zero-order chi connectivity index (χ0) is 39.2. The number of hydrogen-bond acceptors (Lipinski definition) is 6. The number of unbranched alkanes of at least 4 members (excludes halogenated alkanes) is 15. The van der Waals surface area contributed by atoms with Gasteiger partial charge in [-0.15, -0.1) is 0 Å². The maximum absolute atomic E-state index is 12.7. The number of alkyl carbamates (subject to hydrolysis) is 2. The summed E-state index contributed by atoms with van der Waals surface area (Å²) in [6.07, 6.45) is 18.1. The summed E-state index contributed by atoms with van der Waals surface area (Å²) in [6, 6.07) is 17.7. The van der Waals surface area contributed by atoms with Crippen molar-refractivity contribution in [2.45, 2.75) is 156 Å². The molecular weight excluding hydrogens is 681 g/mol. The summed E-state index contributed by atoms with van der Waals surface area (Å²) in [7, 11) is 0. The molecule has 54 heavy (non-hydrogen) atoms. The van der Waals surface area contributed by atoms with Gasteiger partial charge in [-0.05, 0) is 35.8 Å². The first-order chi connectivity index (χ1) is 26.2. The number of nitrogens with one attached hydrogen (secondary N) is 4. The second kappa shape index (κ2) is 29.3. The van der Waals surface area contributed by atoms with E-state index in [1.54, 1.807) is 0 Å². The molecular formula is C44H70N4O6. The lowest BCUT2D eigenvalue weighted by molar-refractivity contribution is -0.124. The predicted octanol–water partition coefficient (Wildman–Crippen LogP) is 9.36. The first kappa shape index (κ1) is 46.1. The Hall–Kier alpha value is -4.08. The van der Waals surface area contributed by atoms with E-state index in [0.29, 0.717) is 13.1 Å². The zero-order valence-corrected chi connectivity index (χ0v) is 33.7. The molecule has 0 spiro atoms. The Morgan fingerprint density at radius 2 is 0.722 bits per heavy atom. The quantitative estimate of drug-likeness (QED) is 0.0613. The molecule has 2 aromatic carbocycles. The van der Waals surface area contributed by atoms with E-state index >= 15 is 0 Å². The van der Waals surface area contributed by atoms with Crippen LogP contribution >= 0.6 is 0 Å². The SMILES string of the molecule is CC(C)[C@H](NC(=O)OCc1ccccc1)C(=O)NCCCCCCCCCCCCCCCCCCNC(=O)[C@@H](NC(=O)OCc1ccccc1)C(C)C. The molecule has 0 fully saturated rings. The van der Waals surface area contributed by atoms with Gasteiger partial charge >= 0.3 is 12.2 Å². The van der Waals surface area contributed by atoms with Gasteiger partial charge in [0.1, 0.15) is 25.3 Å². The number of rotatable bonds is 29. The molecule has 10 nitrogen and oxygen atoms in total. The molecule has 0 aliphatic carbocycles. The fraction of sp³-hybridized carbons (Fsp3) is 0.636. The van der Waals surface area contributed by atoms with E-state index in [0.717, 1.165) is 36.8 Å². The number of hydrogen-bond donors (Lipinski definition) is 4. The van der Waals surface area contributed by atoms with Crippen LogP contribution in [0.2, 0.25) is 0 Å². The van der Waals surface area contributed by atoms with Crippen molar-refractivity contribution in [1.29, 1.82) is 0 Å². The average molecular weight is 751 g/mol. The van der Waals surface area contributed by atoms with Crippen molar-refractivity contribution < 1.29 is 28.7 Å². The minimum absolute atomic E-state index is 0.0425. The van der Waals surface area contributed by atoms with Crippen molar-refractivity contribution in [3.8, 4) is 0 Å². The summed E-state index contributed by atoms with van der Waals surface area (Å²) in [4.78, 5) is 49.9. The smallest absolute Gasteiger partial charge is 0.408 e. The lowest BCUT2D eigenvalue weighted by Gasteiger charge is -2.21. The molecule has 0 aliphatic rings. The lowest BCUT2D eigenvalue weighted by atomic mass is 10.0. The van der Waals surface area contributed by atoms with Crippen molar-refractivity contribution in [3.05, 3.63) is 71.8 Å². The van der Waals surface area contributed by atoms with Crippen LogP contribution in [0.1, 0.15) is 142 Å². The summed E-state index contributed by atoms with van der Waals surface area (Å²) < 4.78 is 10.6. The van der Waals surface area contributed by atoms with Crippen molar-refractivity contribution in [1.82, 2.24) is 21.3 Å². The largest absolute Gasteiger partial charge is 0.445 e. The number of benzene rings is 2. The summed E-state index contributed by atoms with van der Waals surface area (Å²) in [5.74, 6) is -0.407. The highest BCUT2D eigenvalue weighted by Crippen LogP contribution is 2.14. The molecule has 0 saturated carbocycles. The first-order valence-electron chi connectivity index (χ1n) is 20.7. The van der Waals surface area contributed by atoms with E-state index in [9.17, 15) is 19.2 Å². The maximum Gasteiger partial charge on any atom is 0.408 e. The third-order valence-corrected chi connectivity index (χ3v) is 9.57. The first-order valence-corrected chi connectivity index (χ1v) is 20.7. The molecule has 0 bridgehead atoms. The van der Waals surface area contributed by atoms with E-state index in [1.165, 1.54) is 77.0 Å². The molecule has 4 amide bonds. The molecule has 0 heterocycles. The van der Waals surface area contributed by atoms with Gasteiger partial charge in [0.05, 0.1) is 0 Å². The zero-order valence-electron chi connectivity index (χ0n) is 33.7. The van der Waals surface area contributed by atoms with Crippen molar-refractivity contribution in [2.75, 3.05) is 13.1 Å².